The zero-order valence-electron chi connectivity index (χ0n) is 11.9. The molecular formula is C14H16F3N3O. The van der Waals surface area contributed by atoms with Gasteiger partial charge in [0, 0.05) is 31.7 Å². The van der Waals surface area contributed by atoms with E-state index in [0.717, 1.165) is 16.8 Å². The van der Waals surface area contributed by atoms with Gasteiger partial charge in [0.15, 0.2) is 0 Å². The maximum absolute atomic E-state index is 13.0. The van der Waals surface area contributed by atoms with E-state index in [1.54, 1.807) is 43.9 Å². The monoisotopic (exact) mass is 299 g/mol. The van der Waals surface area contributed by atoms with Crippen molar-refractivity contribution < 1.29 is 13.2 Å². The molecule has 0 saturated heterocycles. The normalized spacial score (nSPS) is 12.0. The number of halogens is 3. The average Bonchev–Trinajstić information content (AvgIpc) is 2.76. The van der Waals surface area contributed by atoms with E-state index in [9.17, 15) is 18.0 Å². The van der Waals surface area contributed by atoms with Gasteiger partial charge in [-0.05, 0) is 26.0 Å². The van der Waals surface area contributed by atoms with Gasteiger partial charge in [0.1, 0.15) is 5.69 Å². The molecule has 4 nitrogen and oxygen atoms in total. The van der Waals surface area contributed by atoms with E-state index in [4.69, 9.17) is 0 Å². The summed E-state index contributed by atoms with van der Waals surface area (Å²) in [6.07, 6.45) is -0.445. The number of alkyl halides is 3. The van der Waals surface area contributed by atoms with E-state index >= 15 is 0 Å². The predicted octanol–water partition coefficient (Wildman–Crippen LogP) is 3.02. The van der Waals surface area contributed by atoms with Gasteiger partial charge in [0.05, 0.1) is 11.3 Å². The van der Waals surface area contributed by atoms with Gasteiger partial charge in [-0.1, -0.05) is 0 Å². The molecule has 2 rings (SSSR count). The summed E-state index contributed by atoms with van der Waals surface area (Å²) in [7, 11) is 1.73. The van der Waals surface area contributed by atoms with Gasteiger partial charge in [0.25, 0.3) is 5.56 Å². The van der Waals surface area contributed by atoms with E-state index in [2.05, 4.69) is 5.32 Å². The molecule has 0 unspecified atom stereocenters. The van der Waals surface area contributed by atoms with E-state index < -0.39 is 17.3 Å². The van der Waals surface area contributed by atoms with E-state index in [1.165, 1.54) is 0 Å². The molecule has 1 N–H and O–H groups in total. The highest BCUT2D eigenvalue weighted by molar-refractivity contribution is 5.47. The number of aryl methyl sites for hydroxylation is 1. The number of hydrogen-bond donors (Lipinski definition) is 1. The van der Waals surface area contributed by atoms with Crippen LogP contribution in [0.4, 0.5) is 18.9 Å². The number of aromatic nitrogens is 2. The molecule has 0 aliphatic carbocycles. The van der Waals surface area contributed by atoms with Crippen molar-refractivity contribution in [3.8, 4) is 5.69 Å². The molecule has 0 aromatic carbocycles. The average molecular weight is 299 g/mol. The molecule has 2 aromatic rings. The number of hydrogen-bond acceptors (Lipinski definition) is 2. The maximum atomic E-state index is 13.0. The number of nitrogens with zero attached hydrogens (tertiary/aromatic N) is 2. The Kier molecular flexibility index (Phi) is 3.85. The van der Waals surface area contributed by atoms with Crippen molar-refractivity contribution >= 4 is 5.69 Å². The Balaban J connectivity index is 2.66. The minimum absolute atomic E-state index is 0.0660. The standard InChI is InChI=1S/C14H16F3N3O/c1-9(2)18-12-6-10(14(15,16)17)7-20(13(12)21)11-4-5-19(3)8-11/h4-9,18H,1-3H3. The lowest BCUT2D eigenvalue weighted by Crippen LogP contribution is -2.26. The summed E-state index contributed by atoms with van der Waals surface area (Å²) in [5.41, 5.74) is -1.05. The van der Waals surface area contributed by atoms with Crippen LogP contribution >= 0.6 is 0 Å². The van der Waals surface area contributed by atoms with Gasteiger partial charge in [0.2, 0.25) is 0 Å². The molecule has 2 heterocycles. The molecule has 114 valence electrons. The SMILES string of the molecule is CC(C)Nc1cc(C(F)(F)F)cn(-c2ccn(C)c2)c1=O. The topological polar surface area (TPSA) is 39.0 Å². The van der Waals surface area contributed by atoms with Crippen LogP contribution in [0.1, 0.15) is 19.4 Å². The van der Waals surface area contributed by atoms with Gasteiger partial charge in [-0.15, -0.1) is 0 Å². The lowest BCUT2D eigenvalue weighted by molar-refractivity contribution is -0.137. The van der Waals surface area contributed by atoms with Crippen LogP contribution in [0.5, 0.6) is 0 Å². The van der Waals surface area contributed by atoms with Crippen molar-refractivity contribution in [2.45, 2.75) is 26.1 Å². The quantitative estimate of drug-likeness (QED) is 0.946. The Morgan fingerprint density at radius 3 is 2.38 bits per heavy atom. The minimum Gasteiger partial charge on any atom is -0.378 e. The van der Waals surface area contributed by atoms with E-state index in [1.807, 2.05) is 0 Å². The first-order valence-electron chi connectivity index (χ1n) is 6.41. The molecule has 0 radical (unpaired) electrons. The van der Waals surface area contributed by atoms with Gasteiger partial charge in [-0.25, -0.2) is 0 Å². The molecule has 0 aliphatic heterocycles. The fourth-order valence-electron chi connectivity index (χ4n) is 1.97. The molecule has 0 bridgehead atoms. The highest BCUT2D eigenvalue weighted by Gasteiger charge is 2.32. The fourth-order valence-corrected chi connectivity index (χ4v) is 1.97. The molecule has 0 aliphatic rings. The largest absolute Gasteiger partial charge is 0.417 e. The molecule has 0 amide bonds. The molecule has 0 fully saturated rings. The molecule has 0 saturated carbocycles. The zero-order chi connectivity index (χ0) is 15.8. The van der Waals surface area contributed by atoms with Gasteiger partial charge >= 0.3 is 6.18 Å². The van der Waals surface area contributed by atoms with Crippen LogP contribution in [0.3, 0.4) is 0 Å². The summed E-state index contributed by atoms with van der Waals surface area (Å²) in [5, 5.41) is 2.76. The molecule has 0 atom stereocenters. The molecule has 7 heteroatoms. The third kappa shape index (κ3) is 3.29. The third-order valence-electron chi connectivity index (χ3n) is 2.88. The first kappa shape index (κ1) is 15.2. The van der Waals surface area contributed by atoms with Crippen LogP contribution in [-0.4, -0.2) is 15.2 Å². The van der Waals surface area contributed by atoms with Crippen LogP contribution in [0.15, 0.2) is 35.5 Å². The van der Waals surface area contributed by atoms with E-state index in [0.29, 0.717) is 5.69 Å². The Morgan fingerprint density at radius 1 is 1.24 bits per heavy atom. The van der Waals surface area contributed by atoms with Crippen molar-refractivity contribution in [1.29, 1.82) is 0 Å². The van der Waals surface area contributed by atoms with Crippen LogP contribution in [-0.2, 0) is 13.2 Å². The summed E-state index contributed by atoms with van der Waals surface area (Å²) in [6.45, 7) is 3.51. The highest BCUT2D eigenvalue weighted by atomic mass is 19.4. The van der Waals surface area contributed by atoms with Crippen molar-refractivity contribution in [2.75, 3.05) is 5.32 Å². The Morgan fingerprint density at radius 2 is 1.90 bits per heavy atom. The molecule has 21 heavy (non-hydrogen) atoms. The Hall–Kier alpha value is -2.18. The van der Waals surface area contributed by atoms with E-state index in [-0.39, 0.29) is 11.7 Å². The van der Waals surface area contributed by atoms with Crippen LogP contribution in [0.25, 0.3) is 5.69 Å². The second kappa shape index (κ2) is 5.31. The van der Waals surface area contributed by atoms with Gasteiger partial charge in [-0.3, -0.25) is 9.36 Å². The zero-order valence-corrected chi connectivity index (χ0v) is 11.9. The van der Waals surface area contributed by atoms with Crippen molar-refractivity contribution in [3.63, 3.8) is 0 Å². The maximum Gasteiger partial charge on any atom is 0.417 e. The fraction of sp³-hybridized carbons (Fsp3) is 0.357. The number of nitrogens with one attached hydrogen (secondary N) is 1. The van der Waals surface area contributed by atoms with Crippen molar-refractivity contribution in [2.24, 2.45) is 7.05 Å². The predicted molar refractivity (Wildman–Crippen MR) is 74.8 cm³/mol. The van der Waals surface area contributed by atoms with Gasteiger partial charge in [-0.2, -0.15) is 13.2 Å². The van der Waals surface area contributed by atoms with Gasteiger partial charge < -0.3 is 9.88 Å². The number of anilines is 1. The number of pyridine rings is 1. The smallest absolute Gasteiger partial charge is 0.378 e. The molecule has 0 spiro atoms. The first-order valence-corrected chi connectivity index (χ1v) is 6.41. The summed E-state index contributed by atoms with van der Waals surface area (Å²) in [5.74, 6) is 0. The van der Waals surface area contributed by atoms with Crippen LogP contribution in [0, 0.1) is 0 Å². The minimum atomic E-state index is -4.52. The molecular weight excluding hydrogens is 283 g/mol. The Bertz CT molecular complexity index is 698. The lowest BCUT2D eigenvalue weighted by Gasteiger charge is -2.15. The summed E-state index contributed by atoms with van der Waals surface area (Å²) < 4.78 is 41.6. The second-order valence-electron chi connectivity index (χ2n) is 5.15. The second-order valence-corrected chi connectivity index (χ2v) is 5.15. The Labute approximate surface area is 119 Å². The van der Waals surface area contributed by atoms with Crippen molar-refractivity contribution in [1.82, 2.24) is 9.13 Å². The summed E-state index contributed by atoms with van der Waals surface area (Å²) in [6, 6.07) is 2.29. The highest BCUT2D eigenvalue weighted by Crippen LogP contribution is 2.30. The summed E-state index contributed by atoms with van der Waals surface area (Å²) in [4.78, 5) is 12.3. The van der Waals surface area contributed by atoms with Crippen LogP contribution in [0.2, 0.25) is 0 Å². The summed E-state index contributed by atoms with van der Waals surface area (Å²) >= 11 is 0. The number of rotatable bonds is 3. The molecule has 2 aromatic heterocycles. The van der Waals surface area contributed by atoms with Crippen molar-refractivity contribution in [3.05, 3.63) is 46.6 Å². The third-order valence-corrected chi connectivity index (χ3v) is 2.88. The first-order chi connectivity index (χ1) is 9.68. The van der Waals surface area contributed by atoms with Crippen LogP contribution < -0.4 is 10.9 Å². The lowest BCUT2D eigenvalue weighted by atomic mass is 10.2.